The van der Waals surface area contributed by atoms with E-state index in [1.165, 1.54) is 0 Å². The number of furan rings is 1. The molecule has 0 saturated heterocycles. The van der Waals surface area contributed by atoms with Crippen molar-refractivity contribution in [1.82, 2.24) is 0 Å². The monoisotopic (exact) mass is 371 g/mol. The zero-order chi connectivity index (χ0) is 18.7. The predicted molar refractivity (Wildman–Crippen MR) is 103 cm³/mol. The van der Waals surface area contributed by atoms with E-state index in [0.717, 1.165) is 41.0 Å². The topological polar surface area (TPSA) is 67.6 Å². The molecule has 0 atom stereocenters. The summed E-state index contributed by atoms with van der Waals surface area (Å²) in [6.45, 7) is 2.11. The predicted octanol–water partition coefficient (Wildman–Crippen LogP) is 4.38. The first-order valence-electron chi connectivity index (χ1n) is 8.52. The number of unbranched alkanes of at least 4 members (excludes halogenated alkanes) is 1. The Labute approximate surface area is 153 Å². The van der Waals surface area contributed by atoms with E-state index >= 15 is 0 Å². The third-order valence-corrected chi connectivity index (χ3v) is 5.14. The van der Waals surface area contributed by atoms with Crippen molar-refractivity contribution < 1.29 is 17.6 Å². The number of fused-ring (bicyclic) bond motifs is 1. The molecule has 1 amide bonds. The lowest BCUT2D eigenvalue weighted by atomic mass is 10.1. The molecular weight excluding hydrogens is 350 g/mol. The third kappa shape index (κ3) is 3.80. The summed E-state index contributed by atoms with van der Waals surface area (Å²) in [6.07, 6.45) is 3.95. The van der Waals surface area contributed by atoms with Gasteiger partial charge >= 0.3 is 0 Å². The first kappa shape index (κ1) is 18.2. The molecule has 5 nitrogen and oxygen atoms in total. The maximum absolute atomic E-state index is 12.8. The smallest absolute Gasteiger partial charge is 0.272 e. The molecule has 3 rings (SSSR count). The molecule has 0 bridgehead atoms. The number of anilines is 1. The number of sulfonamides is 1. The molecule has 1 heterocycles. The van der Waals surface area contributed by atoms with Gasteiger partial charge in [-0.3, -0.25) is 4.79 Å². The summed E-state index contributed by atoms with van der Waals surface area (Å²) in [7, 11) is -3.79. The summed E-state index contributed by atoms with van der Waals surface area (Å²) in [6, 6.07) is 15.3. The Morgan fingerprint density at radius 2 is 1.81 bits per heavy atom. The van der Waals surface area contributed by atoms with Gasteiger partial charge in [0, 0.05) is 17.4 Å². The van der Waals surface area contributed by atoms with Gasteiger partial charge in [0.05, 0.1) is 11.9 Å². The van der Waals surface area contributed by atoms with Crippen LogP contribution in [0.2, 0.25) is 0 Å². The van der Waals surface area contributed by atoms with Crippen molar-refractivity contribution in [3.05, 3.63) is 65.9 Å². The average Bonchev–Trinajstić information content (AvgIpc) is 3.01. The third-order valence-electron chi connectivity index (χ3n) is 4.10. The van der Waals surface area contributed by atoms with Gasteiger partial charge < -0.3 is 4.42 Å². The molecule has 0 spiro atoms. The highest BCUT2D eigenvalue weighted by molar-refractivity contribution is 7.92. The maximum atomic E-state index is 12.8. The fourth-order valence-corrected chi connectivity index (χ4v) is 3.75. The van der Waals surface area contributed by atoms with Gasteiger partial charge in [-0.2, -0.15) is 0 Å². The molecule has 2 aromatic carbocycles. The Morgan fingerprint density at radius 3 is 2.46 bits per heavy atom. The maximum Gasteiger partial charge on any atom is 0.272 e. The standard InChI is InChI=1S/C20H21NO4S/c1-3-4-10-18-14-16-13-17(11-12-19(16)25-18)21(26(2,23)24)20(22)15-8-6-5-7-9-15/h5-9,11-14H,3-4,10H2,1-2H3. The summed E-state index contributed by atoms with van der Waals surface area (Å²) >= 11 is 0. The van der Waals surface area contributed by atoms with Crippen LogP contribution in [-0.4, -0.2) is 20.6 Å². The second-order valence-corrected chi connectivity index (χ2v) is 8.07. The van der Waals surface area contributed by atoms with E-state index in [9.17, 15) is 13.2 Å². The lowest BCUT2D eigenvalue weighted by Gasteiger charge is -2.20. The number of hydrogen-bond acceptors (Lipinski definition) is 4. The Balaban J connectivity index is 2.03. The van der Waals surface area contributed by atoms with Crippen molar-refractivity contribution >= 4 is 32.6 Å². The highest BCUT2D eigenvalue weighted by atomic mass is 32.2. The van der Waals surface area contributed by atoms with Crippen LogP contribution >= 0.6 is 0 Å². The van der Waals surface area contributed by atoms with Gasteiger partial charge in [0.1, 0.15) is 11.3 Å². The molecule has 0 aliphatic carbocycles. The van der Waals surface area contributed by atoms with Crippen LogP contribution in [0.25, 0.3) is 11.0 Å². The van der Waals surface area contributed by atoms with Crippen molar-refractivity contribution in [1.29, 1.82) is 0 Å². The first-order valence-corrected chi connectivity index (χ1v) is 10.4. The van der Waals surface area contributed by atoms with Crippen LogP contribution in [0.4, 0.5) is 5.69 Å². The van der Waals surface area contributed by atoms with Crippen LogP contribution in [0.1, 0.15) is 35.9 Å². The molecule has 0 fully saturated rings. The molecule has 6 heteroatoms. The van der Waals surface area contributed by atoms with E-state index in [2.05, 4.69) is 6.92 Å². The zero-order valence-electron chi connectivity index (χ0n) is 14.8. The fourth-order valence-electron chi connectivity index (χ4n) is 2.84. The quantitative estimate of drug-likeness (QED) is 0.645. The summed E-state index contributed by atoms with van der Waals surface area (Å²) in [5.41, 5.74) is 1.30. The van der Waals surface area contributed by atoms with Crippen molar-refractivity contribution in [3.63, 3.8) is 0 Å². The van der Waals surface area contributed by atoms with E-state index in [0.29, 0.717) is 16.8 Å². The normalized spacial score (nSPS) is 11.6. The van der Waals surface area contributed by atoms with Crippen molar-refractivity contribution in [3.8, 4) is 0 Å². The Bertz CT molecular complexity index is 1020. The first-order chi connectivity index (χ1) is 12.4. The van der Waals surface area contributed by atoms with Gasteiger partial charge in [-0.1, -0.05) is 31.5 Å². The number of benzene rings is 2. The van der Waals surface area contributed by atoms with Crippen LogP contribution in [0, 0.1) is 0 Å². The average molecular weight is 371 g/mol. The molecule has 0 aliphatic heterocycles. The number of rotatable bonds is 6. The van der Waals surface area contributed by atoms with Crippen LogP contribution in [0.15, 0.2) is 59.0 Å². The molecule has 26 heavy (non-hydrogen) atoms. The largest absolute Gasteiger partial charge is 0.461 e. The molecule has 0 unspecified atom stereocenters. The Morgan fingerprint density at radius 1 is 1.08 bits per heavy atom. The molecule has 0 radical (unpaired) electrons. The highest BCUT2D eigenvalue weighted by Gasteiger charge is 2.26. The van der Waals surface area contributed by atoms with Crippen LogP contribution in [-0.2, 0) is 16.4 Å². The van der Waals surface area contributed by atoms with Crippen molar-refractivity contribution in [2.75, 3.05) is 10.6 Å². The van der Waals surface area contributed by atoms with E-state index in [1.807, 2.05) is 6.07 Å². The van der Waals surface area contributed by atoms with Gasteiger partial charge in [0.15, 0.2) is 0 Å². The molecule has 136 valence electrons. The minimum Gasteiger partial charge on any atom is -0.461 e. The number of carbonyl (C=O) groups excluding carboxylic acids is 1. The zero-order valence-corrected chi connectivity index (χ0v) is 15.6. The van der Waals surface area contributed by atoms with E-state index < -0.39 is 15.9 Å². The molecule has 3 aromatic rings. The van der Waals surface area contributed by atoms with Crippen molar-refractivity contribution in [2.45, 2.75) is 26.2 Å². The lowest BCUT2D eigenvalue weighted by Crippen LogP contribution is -2.36. The number of nitrogens with zero attached hydrogens (tertiary/aromatic N) is 1. The van der Waals surface area contributed by atoms with E-state index in [4.69, 9.17) is 4.42 Å². The SMILES string of the molecule is CCCCc1cc2cc(N(C(=O)c3ccccc3)S(C)(=O)=O)ccc2o1. The van der Waals surface area contributed by atoms with Crippen LogP contribution in [0.5, 0.6) is 0 Å². The summed E-state index contributed by atoms with van der Waals surface area (Å²) in [5, 5.41) is 0.781. The van der Waals surface area contributed by atoms with Gasteiger partial charge in [0.2, 0.25) is 10.0 Å². The number of aryl methyl sites for hydroxylation is 1. The number of carbonyl (C=O) groups is 1. The molecular formula is C20H21NO4S. The summed E-state index contributed by atoms with van der Waals surface area (Å²) < 4.78 is 31.2. The minimum absolute atomic E-state index is 0.302. The minimum atomic E-state index is -3.79. The molecule has 0 N–H and O–H groups in total. The summed E-state index contributed by atoms with van der Waals surface area (Å²) in [4.78, 5) is 12.8. The van der Waals surface area contributed by atoms with Gasteiger partial charge in [-0.15, -0.1) is 0 Å². The number of amides is 1. The van der Waals surface area contributed by atoms with E-state index in [-0.39, 0.29) is 0 Å². The highest BCUT2D eigenvalue weighted by Crippen LogP contribution is 2.28. The lowest BCUT2D eigenvalue weighted by molar-refractivity contribution is 0.101. The Kier molecular flexibility index (Phi) is 5.13. The second-order valence-electron chi connectivity index (χ2n) is 6.24. The fraction of sp³-hybridized carbons (Fsp3) is 0.250. The van der Waals surface area contributed by atoms with Crippen LogP contribution < -0.4 is 4.31 Å². The molecule has 0 saturated carbocycles. The van der Waals surface area contributed by atoms with Crippen LogP contribution in [0.3, 0.4) is 0 Å². The molecule has 1 aromatic heterocycles. The van der Waals surface area contributed by atoms with Gasteiger partial charge in [-0.25, -0.2) is 12.7 Å². The number of hydrogen-bond donors (Lipinski definition) is 0. The van der Waals surface area contributed by atoms with Gasteiger partial charge in [0.25, 0.3) is 5.91 Å². The van der Waals surface area contributed by atoms with Gasteiger partial charge in [-0.05, 0) is 42.8 Å². The summed E-state index contributed by atoms with van der Waals surface area (Å²) in [5.74, 6) is 0.279. The molecule has 0 aliphatic rings. The Hall–Kier alpha value is -2.60. The second kappa shape index (κ2) is 7.33. The van der Waals surface area contributed by atoms with E-state index in [1.54, 1.807) is 48.5 Å². The van der Waals surface area contributed by atoms with Crippen molar-refractivity contribution in [2.24, 2.45) is 0 Å².